The molecule has 3 aromatic carbocycles. The Morgan fingerprint density at radius 3 is 2.75 bits per heavy atom. The lowest BCUT2D eigenvalue weighted by Crippen LogP contribution is -2.12. The van der Waals surface area contributed by atoms with Crippen molar-refractivity contribution in [1.29, 1.82) is 0 Å². The maximum atomic E-state index is 12.6. The molecule has 0 saturated carbocycles. The average molecular weight is 372 g/mol. The van der Waals surface area contributed by atoms with Crippen molar-refractivity contribution in [1.82, 2.24) is 15.0 Å². The number of aromatic nitrogens is 3. The summed E-state index contributed by atoms with van der Waals surface area (Å²) >= 11 is 0. The summed E-state index contributed by atoms with van der Waals surface area (Å²) in [7, 11) is 1.65. The van der Waals surface area contributed by atoms with Crippen LogP contribution >= 0.6 is 0 Å². The predicted octanol–water partition coefficient (Wildman–Crippen LogP) is 4.05. The summed E-state index contributed by atoms with van der Waals surface area (Å²) in [4.78, 5) is 12.6. The van der Waals surface area contributed by atoms with Crippen LogP contribution in [0.25, 0.3) is 11.0 Å². The van der Waals surface area contributed by atoms with Gasteiger partial charge in [0.2, 0.25) is 0 Å². The first-order chi connectivity index (χ1) is 13.6. The van der Waals surface area contributed by atoms with Gasteiger partial charge in [0.1, 0.15) is 11.3 Å². The van der Waals surface area contributed by atoms with E-state index in [0.717, 1.165) is 28.1 Å². The van der Waals surface area contributed by atoms with E-state index in [1.165, 1.54) is 0 Å². The quantitative estimate of drug-likeness (QED) is 0.574. The van der Waals surface area contributed by atoms with Gasteiger partial charge in [-0.1, -0.05) is 35.5 Å². The summed E-state index contributed by atoms with van der Waals surface area (Å²) < 4.78 is 7.08. The zero-order chi connectivity index (χ0) is 19.5. The van der Waals surface area contributed by atoms with Crippen molar-refractivity contribution in [3.63, 3.8) is 0 Å². The first-order valence-electron chi connectivity index (χ1n) is 8.97. The third-order valence-electron chi connectivity index (χ3n) is 4.64. The van der Waals surface area contributed by atoms with E-state index in [1.807, 2.05) is 66.2 Å². The molecule has 1 heterocycles. The minimum absolute atomic E-state index is 0.168. The number of hydrogen-bond acceptors (Lipinski definition) is 4. The minimum atomic E-state index is -0.168. The Bertz CT molecular complexity index is 1150. The number of fused-ring (bicyclic) bond motifs is 1. The average Bonchev–Trinajstić information content (AvgIpc) is 3.12. The molecule has 0 saturated heterocycles. The fraction of sp³-hybridized carbons (Fsp3) is 0.136. The van der Waals surface area contributed by atoms with Crippen molar-refractivity contribution in [2.24, 2.45) is 0 Å². The smallest absolute Gasteiger partial charge is 0.255 e. The zero-order valence-corrected chi connectivity index (χ0v) is 15.7. The van der Waals surface area contributed by atoms with Crippen LogP contribution in [0.1, 0.15) is 21.5 Å². The predicted molar refractivity (Wildman–Crippen MR) is 109 cm³/mol. The van der Waals surface area contributed by atoms with Crippen LogP contribution in [0.15, 0.2) is 66.7 Å². The number of rotatable bonds is 5. The first-order valence-corrected chi connectivity index (χ1v) is 8.97. The third kappa shape index (κ3) is 3.57. The number of carbonyl (C=O) groups excluding carboxylic acids is 1. The highest BCUT2D eigenvalue weighted by molar-refractivity contribution is 6.06. The molecular weight excluding hydrogens is 352 g/mol. The molecule has 28 heavy (non-hydrogen) atoms. The van der Waals surface area contributed by atoms with Gasteiger partial charge < -0.3 is 10.1 Å². The summed E-state index contributed by atoms with van der Waals surface area (Å²) in [5.41, 5.74) is 4.97. The molecule has 1 amide bonds. The van der Waals surface area contributed by atoms with E-state index >= 15 is 0 Å². The lowest BCUT2D eigenvalue weighted by Gasteiger charge is -2.08. The Morgan fingerprint density at radius 2 is 1.93 bits per heavy atom. The van der Waals surface area contributed by atoms with Crippen LogP contribution in [0.5, 0.6) is 5.75 Å². The molecular formula is C22H20N4O2. The molecule has 4 rings (SSSR count). The van der Waals surface area contributed by atoms with Gasteiger partial charge in [0.25, 0.3) is 5.91 Å². The molecule has 1 aromatic heterocycles. The van der Waals surface area contributed by atoms with Crippen molar-refractivity contribution in [2.45, 2.75) is 13.5 Å². The highest BCUT2D eigenvalue weighted by Gasteiger charge is 2.12. The molecule has 0 unspecified atom stereocenters. The van der Waals surface area contributed by atoms with Crippen molar-refractivity contribution >= 4 is 22.6 Å². The van der Waals surface area contributed by atoms with Crippen LogP contribution in [0, 0.1) is 6.92 Å². The maximum absolute atomic E-state index is 12.6. The molecule has 140 valence electrons. The van der Waals surface area contributed by atoms with Crippen molar-refractivity contribution in [3.05, 3.63) is 83.4 Å². The van der Waals surface area contributed by atoms with Crippen LogP contribution in [0.2, 0.25) is 0 Å². The van der Waals surface area contributed by atoms with E-state index in [4.69, 9.17) is 4.74 Å². The zero-order valence-electron chi connectivity index (χ0n) is 15.7. The standard InChI is InChI=1S/C22H20N4O2/c1-15-6-3-4-9-19(15)23-22(27)17-10-11-21-20(13-17)24-25-26(21)14-16-7-5-8-18(12-16)28-2/h3-13H,14H2,1-2H3,(H,23,27). The molecule has 0 atom stereocenters. The molecule has 0 aliphatic carbocycles. The monoisotopic (exact) mass is 372 g/mol. The number of para-hydroxylation sites is 1. The summed E-state index contributed by atoms with van der Waals surface area (Å²) in [5.74, 6) is 0.635. The Hall–Kier alpha value is -3.67. The number of nitrogens with zero attached hydrogens (tertiary/aromatic N) is 3. The number of benzene rings is 3. The van der Waals surface area contributed by atoms with E-state index in [9.17, 15) is 4.79 Å². The van der Waals surface area contributed by atoms with Crippen molar-refractivity contribution in [2.75, 3.05) is 12.4 Å². The lowest BCUT2D eigenvalue weighted by molar-refractivity contribution is 0.102. The lowest BCUT2D eigenvalue weighted by atomic mass is 10.1. The summed E-state index contributed by atoms with van der Waals surface area (Å²) in [5, 5.41) is 11.4. The van der Waals surface area contributed by atoms with Crippen molar-refractivity contribution < 1.29 is 9.53 Å². The molecule has 1 N–H and O–H groups in total. The molecule has 0 fully saturated rings. The SMILES string of the molecule is COc1cccc(Cn2nnc3cc(C(=O)Nc4ccccc4C)ccc32)c1. The maximum Gasteiger partial charge on any atom is 0.255 e. The first kappa shape index (κ1) is 17.7. The van der Waals surface area contributed by atoms with Gasteiger partial charge in [-0.3, -0.25) is 4.79 Å². The fourth-order valence-corrected chi connectivity index (χ4v) is 3.08. The Balaban J connectivity index is 1.57. The van der Waals surface area contributed by atoms with E-state index in [2.05, 4.69) is 15.6 Å². The van der Waals surface area contributed by atoms with Gasteiger partial charge in [0, 0.05) is 11.3 Å². The summed E-state index contributed by atoms with van der Waals surface area (Å²) in [6.07, 6.45) is 0. The molecule has 0 spiro atoms. The molecule has 0 bridgehead atoms. The molecule has 0 aliphatic rings. The second-order valence-electron chi connectivity index (χ2n) is 6.57. The normalized spacial score (nSPS) is 10.8. The van der Waals surface area contributed by atoms with Crippen molar-refractivity contribution in [3.8, 4) is 5.75 Å². The third-order valence-corrected chi connectivity index (χ3v) is 4.64. The van der Waals surface area contributed by atoms with Gasteiger partial charge in [0.15, 0.2) is 0 Å². The number of ether oxygens (including phenoxy) is 1. The number of nitrogens with one attached hydrogen (secondary N) is 1. The number of carbonyl (C=O) groups is 1. The molecule has 4 aromatic rings. The van der Waals surface area contributed by atoms with E-state index in [1.54, 1.807) is 19.2 Å². The van der Waals surface area contributed by atoms with Gasteiger partial charge in [-0.05, 0) is 54.4 Å². The van der Waals surface area contributed by atoms with E-state index in [0.29, 0.717) is 17.6 Å². The van der Waals surface area contributed by atoms with Crippen LogP contribution < -0.4 is 10.1 Å². The van der Waals surface area contributed by atoms with Gasteiger partial charge >= 0.3 is 0 Å². The topological polar surface area (TPSA) is 69.0 Å². The highest BCUT2D eigenvalue weighted by Crippen LogP contribution is 2.19. The highest BCUT2D eigenvalue weighted by atomic mass is 16.5. The molecule has 0 aliphatic heterocycles. The largest absolute Gasteiger partial charge is 0.497 e. The summed E-state index contributed by atoms with van der Waals surface area (Å²) in [6, 6.07) is 21.0. The Labute approximate surface area is 162 Å². The van der Waals surface area contributed by atoms with Crippen LogP contribution in [0.3, 0.4) is 0 Å². The Kier molecular flexibility index (Phi) is 4.76. The molecule has 6 nitrogen and oxygen atoms in total. The van der Waals surface area contributed by atoms with Crippen LogP contribution in [0.4, 0.5) is 5.69 Å². The van der Waals surface area contributed by atoms with Crippen LogP contribution in [-0.4, -0.2) is 28.0 Å². The second kappa shape index (κ2) is 7.52. The van der Waals surface area contributed by atoms with E-state index in [-0.39, 0.29) is 5.91 Å². The molecule has 6 heteroatoms. The van der Waals surface area contributed by atoms with Gasteiger partial charge in [-0.15, -0.1) is 5.10 Å². The number of aryl methyl sites for hydroxylation is 1. The Morgan fingerprint density at radius 1 is 1.07 bits per heavy atom. The second-order valence-corrected chi connectivity index (χ2v) is 6.57. The number of anilines is 1. The number of methoxy groups -OCH3 is 1. The van der Waals surface area contributed by atoms with Gasteiger partial charge in [-0.2, -0.15) is 0 Å². The van der Waals surface area contributed by atoms with Gasteiger partial charge in [-0.25, -0.2) is 4.68 Å². The van der Waals surface area contributed by atoms with E-state index < -0.39 is 0 Å². The number of hydrogen-bond donors (Lipinski definition) is 1. The fourth-order valence-electron chi connectivity index (χ4n) is 3.08. The summed E-state index contributed by atoms with van der Waals surface area (Å²) in [6.45, 7) is 2.53. The van der Waals surface area contributed by atoms with Crippen LogP contribution in [-0.2, 0) is 6.54 Å². The number of amides is 1. The van der Waals surface area contributed by atoms with Gasteiger partial charge in [0.05, 0.1) is 19.2 Å². The minimum Gasteiger partial charge on any atom is -0.497 e. The molecule has 0 radical (unpaired) electrons.